The zero-order valence-corrected chi connectivity index (χ0v) is 16.9. The van der Waals surface area contributed by atoms with E-state index >= 15 is 0 Å². The summed E-state index contributed by atoms with van der Waals surface area (Å²) in [4.78, 5) is 24.9. The molecule has 0 spiro atoms. The zero-order chi connectivity index (χ0) is 20.8. The fraction of sp³-hybridized carbons (Fsp3) is 0.350. The van der Waals surface area contributed by atoms with Crippen LogP contribution in [0.15, 0.2) is 43.0 Å². The van der Waals surface area contributed by atoms with Crippen LogP contribution in [0.1, 0.15) is 29.9 Å². The molecule has 3 aromatic rings. The summed E-state index contributed by atoms with van der Waals surface area (Å²) in [7, 11) is 1.56. The molecule has 0 N–H and O–H groups in total. The van der Waals surface area contributed by atoms with Gasteiger partial charge in [0.1, 0.15) is 12.4 Å². The highest BCUT2D eigenvalue weighted by Gasteiger charge is 2.24. The van der Waals surface area contributed by atoms with E-state index in [1.807, 2.05) is 20.8 Å². The standard InChI is InChI=1S/C20H24N6O3/c1-5-25(15(3)13-29-19-12-21-14(2)11-22-19)20(27)17-10-16(28-4)6-7-18(17)26-23-8-9-24-26/h6-12,15H,5,13H2,1-4H3/t15-/m0/s1. The summed E-state index contributed by atoms with van der Waals surface area (Å²) in [5.41, 5.74) is 1.84. The molecular formula is C20H24N6O3. The van der Waals surface area contributed by atoms with Crippen molar-refractivity contribution in [2.45, 2.75) is 26.8 Å². The maximum Gasteiger partial charge on any atom is 0.256 e. The zero-order valence-electron chi connectivity index (χ0n) is 16.9. The van der Waals surface area contributed by atoms with Gasteiger partial charge in [-0.3, -0.25) is 9.78 Å². The Kier molecular flexibility index (Phi) is 6.38. The number of carbonyl (C=O) groups is 1. The number of nitrogens with zero attached hydrogens (tertiary/aromatic N) is 6. The average molecular weight is 396 g/mol. The Morgan fingerprint density at radius 2 is 1.97 bits per heavy atom. The second-order valence-corrected chi connectivity index (χ2v) is 6.45. The van der Waals surface area contributed by atoms with Gasteiger partial charge in [-0.25, -0.2) is 4.98 Å². The second kappa shape index (κ2) is 9.13. The van der Waals surface area contributed by atoms with Gasteiger partial charge in [0.25, 0.3) is 5.91 Å². The lowest BCUT2D eigenvalue weighted by Crippen LogP contribution is -2.42. The number of hydrogen-bond acceptors (Lipinski definition) is 7. The lowest BCUT2D eigenvalue weighted by atomic mass is 10.1. The highest BCUT2D eigenvalue weighted by molar-refractivity contribution is 5.98. The van der Waals surface area contributed by atoms with Crippen LogP contribution in [0.25, 0.3) is 5.69 Å². The number of aryl methyl sites for hydroxylation is 1. The maximum absolute atomic E-state index is 13.4. The van der Waals surface area contributed by atoms with Crippen LogP contribution in [0.3, 0.4) is 0 Å². The van der Waals surface area contributed by atoms with E-state index in [1.54, 1.807) is 55.0 Å². The van der Waals surface area contributed by atoms with Crippen LogP contribution in [0.2, 0.25) is 0 Å². The van der Waals surface area contributed by atoms with Crippen LogP contribution >= 0.6 is 0 Å². The van der Waals surface area contributed by atoms with Gasteiger partial charge < -0.3 is 14.4 Å². The van der Waals surface area contributed by atoms with E-state index in [1.165, 1.54) is 4.80 Å². The number of methoxy groups -OCH3 is 1. The van der Waals surface area contributed by atoms with E-state index < -0.39 is 0 Å². The predicted octanol–water partition coefficient (Wildman–Crippen LogP) is 2.30. The molecule has 0 bridgehead atoms. The van der Waals surface area contributed by atoms with Gasteiger partial charge in [0.15, 0.2) is 0 Å². The van der Waals surface area contributed by atoms with E-state index in [-0.39, 0.29) is 18.6 Å². The smallest absolute Gasteiger partial charge is 0.256 e. The highest BCUT2D eigenvalue weighted by Crippen LogP contribution is 2.22. The van der Waals surface area contributed by atoms with Crippen molar-refractivity contribution < 1.29 is 14.3 Å². The molecule has 29 heavy (non-hydrogen) atoms. The average Bonchev–Trinajstić information content (AvgIpc) is 3.28. The van der Waals surface area contributed by atoms with Crippen molar-refractivity contribution in [3.8, 4) is 17.3 Å². The van der Waals surface area contributed by atoms with Crippen LogP contribution in [-0.2, 0) is 0 Å². The van der Waals surface area contributed by atoms with Gasteiger partial charge in [0.05, 0.1) is 54.9 Å². The summed E-state index contributed by atoms with van der Waals surface area (Å²) < 4.78 is 11.0. The number of amides is 1. The molecule has 0 fully saturated rings. The van der Waals surface area contributed by atoms with E-state index in [2.05, 4.69) is 20.2 Å². The van der Waals surface area contributed by atoms with E-state index in [0.717, 1.165) is 5.69 Å². The van der Waals surface area contributed by atoms with Crippen molar-refractivity contribution in [2.24, 2.45) is 0 Å². The van der Waals surface area contributed by atoms with Crippen molar-refractivity contribution in [1.82, 2.24) is 29.9 Å². The molecule has 0 unspecified atom stereocenters. The molecule has 0 aliphatic carbocycles. The summed E-state index contributed by atoms with van der Waals surface area (Å²) in [5, 5.41) is 8.30. The molecule has 9 heteroatoms. The van der Waals surface area contributed by atoms with Crippen molar-refractivity contribution in [3.63, 3.8) is 0 Å². The van der Waals surface area contributed by atoms with Gasteiger partial charge in [-0.1, -0.05) is 0 Å². The first kappa shape index (κ1) is 20.2. The third kappa shape index (κ3) is 4.68. The van der Waals surface area contributed by atoms with Gasteiger partial charge in [-0.2, -0.15) is 15.0 Å². The minimum absolute atomic E-state index is 0.162. The van der Waals surface area contributed by atoms with Crippen LogP contribution in [0.5, 0.6) is 11.6 Å². The van der Waals surface area contributed by atoms with E-state index in [0.29, 0.717) is 29.4 Å². The molecule has 2 aromatic heterocycles. The summed E-state index contributed by atoms with van der Waals surface area (Å²) in [5.74, 6) is 0.845. The number of rotatable bonds is 8. The molecule has 9 nitrogen and oxygen atoms in total. The fourth-order valence-electron chi connectivity index (χ4n) is 2.89. The summed E-state index contributed by atoms with van der Waals surface area (Å²) in [6.45, 7) is 6.50. The van der Waals surface area contributed by atoms with Gasteiger partial charge in [0.2, 0.25) is 5.88 Å². The van der Waals surface area contributed by atoms with Crippen LogP contribution in [0.4, 0.5) is 0 Å². The summed E-state index contributed by atoms with van der Waals surface area (Å²) in [6, 6.07) is 5.04. The quantitative estimate of drug-likeness (QED) is 0.576. The predicted molar refractivity (Wildman–Crippen MR) is 106 cm³/mol. The number of carbonyl (C=O) groups excluding carboxylic acids is 1. The molecule has 0 radical (unpaired) electrons. The van der Waals surface area contributed by atoms with E-state index in [4.69, 9.17) is 9.47 Å². The van der Waals surface area contributed by atoms with Crippen LogP contribution in [-0.4, -0.2) is 62.1 Å². The SMILES string of the molecule is CCN(C(=O)c1cc(OC)ccc1-n1nccn1)[C@@H](C)COc1cnc(C)cn1. The first-order valence-electron chi connectivity index (χ1n) is 9.30. The molecule has 0 saturated heterocycles. The van der Waals surface area contributed by atoms with Crippen molar-refractivity contribution in [3.05, 3.63) is 54.2 Å². The molecule has 1 atom stereocenters. The number of benzene rings is 1. The topological polar surface area (TPSA) is 95.3 Å². The number of aromatic nitrogens is 5. The molecule has 0 aliphatic heterocycles. The van der Waals surface area contributed by atoms with Crippen molar-refractivity contribution in [1.29, 1.82) is 0 Å². The van der Waals surface area contributed by atoms with Gasteiger partial charge in [0, 0.05) is 6.54 Å². The minimum atomic E-state index is -0.194. The molecule has 1 aromatic carbocycles. The normalized spacial score (nSPS) is 11.7. The van der Waals surface area contributed by atoms with Crippen molar-refractivity contribution in [2.75, 3.05) is 20.3 Å². The third-order valence-electron chi connectivity index (χ3n) is 4.43. The van der Waals surface area contributed by atoms with Gasteiger partial charge in [-0.05, 0) is 39.0 Å². The Hall–Kier alpha value is -3.49. The maximum atomic E-state index is 13.4. The van der Waals surface area contributed by atoms with Crippen LogP contribution < -0.4 is 9.47 Å². The number of ether oxygens (including phenoxy) is 2. The first-order chi connectivity index (χ1) is 14.0. The molecular weight excluding hydrogens is 372 g/mol. The summed E-state index contributed by atoms with van der Waals surface area (Å²) >= 11 is 0. The Balaban J connectivity index is 1.82. The Morgan fingerprint density at radius 3 is 2.59 bits per heavy atom. The molecule has 2 heterocycles. The number of hydrogen-bond donors (Lipinski definition) is 0. The first-order valence-corrected chi connectivity index (χ1v) is 9.30. The molecule has 0 aliphatic rings. The monoisotopic (exact) mass is 396 g/mol. The minimum Gasteiger partial charge on any atom is -0.497 e. The van der Waals surface area contributed by atoms with Gasteiger partial charge >= 0.3 is 0 Å². The molecule has 1 amide bonds. The van der Waals surface area contributed by atoms with Crippen LogP contribution in [0, 0.1) is 6.92 Å². The molecule has 152 valence electrons. The Morgan fingerprint density at radius 1 is 1.21 bits per heavy atom. The van der Waals surface area contributed by atoms with Gasteiger partial charge in [-0.15, -0.1) is 0 Å². The van der Waals surface area contributed by atoms with Crippen molar-refractivity contribution >= 4 is 5.91 Å². The second-order valence-electron chi connectivity index (χ2n) is 6.45. The summed E-state index contributed by atoms with van der Waals surface area (Å²) in [6.07, 6.45) is 6.34. The van der Waals surface area contributed by atoms with E-state index in [9.17, 15) is 4.79 Å². The molecule has 0 saturated carbocycles. The fourth-order valence-corrected chi connectivity index (χ4v) is 2.89. The number of likely N-dealkylation sites (N-methyl/N-ethyl adjacent to an activating group) is 1. The highest BCUT2D eigenvalue weighted by atomic mass is 16.5. The third-order valence-corrected chi connectivity index (χ3v) is 4.43. The molecule has 3 rings (SSSR count). The Bertz CT molecular complexity index is 943. The Labute approximate surface area is 169 Å². The lowest BCUT2D eigenvalue weighted by molar-refractivity contribution is 0.0645. The largest absolute Gasteiger partial charge is 0.497 e. The lowest BCUT2D eigenvalue weighted by Gasteiger charge is -2.28.